The first kappa shape index (κ1) is 69.7. The van der Waals surface area contributed by atoms with Crippen molar-refractivity contribution in [2.24, 2.45) is 23.7 Å². The molecule has 0 saturated carbocycles. The van der Waals surface area contributed by atoms with Crippen LogP contribution in [-0.4, -0.2) is 0 Å². The van der Waals surface area contributed by atoms with Crippen LogP contribution in [-0.2, 0) is 0 Å². The van der Waals surface area contributed by atoms with E-state index in [1.807, 2.05) is 41.5 Å². The normalized spacial score (nSPS) is 14.3. The highest BCUT2D eigenvalue weighted by molar-refractivity contribution is 6.12. The van der Waals surface area contributed by atoms with Crippen LogP contribution in [0.1, 0.15) is 177 Å². The quantitative estimate of drug-likeness (QED) is 0.0530. The van der Waals surface area contributed by atoms with Crippen LogP contribution < -0.4 is 0 Å². The molecule has 0 nitrogen and oxygen atoms in total. The average Bonchev–Trinajstić information content (AvgIpc) is 1.61. The number of benzene rings is 6. The second-order valence-corrected chi connectivity index (χ2v) is 20.9. The van der Waals surface area contributed by atoms with Gasteiger partial charge in [0, 0.05) is 0 Å². The van der Waals surface area contributed by atoms with Crippen LogP contribution in [0.3, 0.4) is 0 Å². The van der Waals surface area contributed by atoms with Gasteiger partial charge in [0.25, 0.3) is 0 Å². The minimum absolute atomic E-state index is 0.267. The van der Waals surface area contributed by atoms with Gasteiger partial charge in [-0.25, -0.2) is 0 Å². The number of hydrogen-bond donors (Lipinski definition) is 0. The van der Waals surface area contributed by atoms with E-state index in [9.17, 15) is 0 Å². The number of fused-ring (bicyclic) bond motifs is 1. The Morgan fingerprint density at radius 3 is 1.42 bits per heavy atom. The van der Waals surface area contributed by atoms with Gasteiger partial charge in [0.1, 0.15) is 0 Å². The van der Waals surface area contributed by atoms with Crippen LogP contribution in [0.2, 0.25) is 0 Å². The zero-order valence-electron chi connectivity index (χ0n) is 54.4. The molecule has 0 aliphatic rings. The minimum atomic E-state index is 0.267. The second kappa shape index (κ2) is 38.3. The summed E-state index contributed by atoms with van der Waals surface area (Å²) in [6.45, 7) is 46.2. The summed E-state index contributed by atoms with van der Waals surface area (Å²) < 4.78 is 0. The molecule has 0 aliphatic carbocycles. The fourth-order valence-electron chi connectivity index (χ4n) is 9.79. The Balaban J connectivity index is 0.00000291. The van der Waals surface area contributed by atoms with Gasteiger partial charge in [-0.2, -0.15) is 0 Å². The summed E-state index contributed by atoms with van der Waals surface area (Å²) in [6.07, 6.45) is 38.4. The molecule has 0 fully saturated rings. The molecule has 6 aromatic carbocycles. The molecule has 0 amide bonds. The van der Waals surface area contributed by atoms with Crippen molar-refractivity contribution in [3.05, 3.63) is 276 Å². The van der Waals surface area contributed by atoms with Gasteiger partial charge in [0.15, 0.2) is 0 Å². The van der Waals surface area contributed by atoms with Gasteiger partial charge in [-0.15, -0.1) is 0 Å². The molecule has 0 aliphatic heterocycles. The van der Waals surface area contributed by atoms with Gasteiger partial charge < -0.3 is 0 Å². The maximum atomic E-state index is 4.61. The van der Waals surface area contributed by atoms with Crippen molar-refractivity contribution in [1.29, 1.82) is 0 Å². The van der Waals surface area contributed by atoms with E-state index >= 15 is 0 Å². The summed E-state index contributed by atoms with van der Waals surface area (Å²) in [5.74, 6) is 1.37. The van der Waals surface area contributed by atoms with Crippen LogP contribution in [0.4, 0.5) is 0 Å². The lowest BCUT2D eigenvalue weighted by Crippen LogP contribution is -2.04. The Kier molecular flexibility index (Phi) is 32.2. The molecule has 0 spiro atoms. The molecule has 0 aromatic heterocycles. The first-order chi connectivity index (χ1) is 40.4. The first-order valence-corrected chi connectivity index (χ1v) is 31.4. The average molecular weight is 1100 g/mol. The fourth-order valence-corrected chi connectivity index (χ4v) is 9.79. The molecule has 4 unspecified atom stereocenters. The van der Waals surface area contributed by atoms with Crippen molar-refractivity contribution in [2.45, 2.75) is 143 Å². The van der Waals surface area contributed by atoms with E-state index in [0.29, 0.717) is 17.8 Å². The van der Waals surface area contributed by atoms with Crippen LogP contribution in [0.25, 0.3) is 67.5 Å². The fraction of sp³-hybridized carbons (Fsp3) is 0.301. The van der Waals surface area contributed by atoms with Crippen molar-refractivity contribution < 1.29 is 0 Å². The van der Waals surface area contributed by atoms with Crippen LogP contribution in [0.15, 0.2) is 242 Å². The molecule has 0 heterocycles. The Labute approximate surface area is 507 Å². The third kappa shape index (κ3) is 20.1. The van der Waals surface area contributed by atoms with Crippen molar-refractivity contribution in [1.82, 2.24) is 0 Å². The molecule has 0 heteroatoms. The van der Waals surface area contributed by atoms with E-state index < -0.39 is 0 Å². The number of hydrogen-bond acceptors (Lipinski definition) is 0. The van der Waals surface area contributed by atoms with Gasteiger partial charge >= 0.3 is 0 Å². The predicted octanol–water partition coefficient (Wildman–Crippen LogP) is 26.2. The van der Waals surface area contributed by atoms with E-state index in [2.05, 4.69) is 314 Å². The highest BCUT2D eigenvalue weighted by Crippen LogP contribution is 2.46. The summed E-state index contributed by atoms with van der Waals surface area (Å²) in [5.41, 5.74) is 20.4. The maximum absolute atomic E-state index is 4.61. The molecule has 6 rings (SSSR count). The molecule has 0 radical (unpaired) electrons. The lowest BCUT2D eigenvalue weighted by atomic mass is 9.79. The molecular formula is C83H104. The zero-order chi connectivity index (χ0) is 61.3. The second-order valence-electron chi connectivity index (χ2n) is 20.9. The van der Waals surface area contributed by atoms with Crippen molar-refractivity contribution >= 4 is 45.2 Å². The molecule has 83 heavy (non-hydrogen) atoms. The van der Waals surface area contributed by atoms with Gasteiger partial charge in [0.2, 0.25) is 0 Å². The van der Waals surface area contributed by atoms with Crippen LogP contribution >= 0.6 is 0 Å². The summed E-state index contributed by atoms with van der Waals surface area (Å²) in [4.78, 5) is 0. The van der Waals surface area contributed by atoms with E-state index in [4.69, 9.17) is 0 Å². The van der Waals surface area contributed by atoms with Crippen molar-refractivity contribution in [2.75, 3.05) is 0 Å². The maximum Gasteiger partial charge on any atom is -0.00264 e. The minimum Gasteiger partial charge on any atom is -0.0984 e. The molecule has 0 saturated heterocycles. The van der Waals surface area contributed by atoms with Crippen molar-refractivity contribution in [3.8, 4) is 22.3 Å². The van der Waals surface area contributed by atoms with Gasteiger partial charge in [-0.3, -0.25) is 0 Å². The van der Waals surface area contributed by atoms with Gasteiger partial charge in [-0.1, -0.05) is 335 Å². The van der Waals surface area contributed by atoms with Crippen LogP contribution in [0, 0.1) is 23.7 Å². The SMILES string of the molecule is C=Cc1c(C=C)c(C(/C=C\C(C)C(C)/C=C\C=C(\c2ccccc2)C(C)CC)=C/C(C)CC)c2cc(-c3ccccc3)c(-c3ccccc3)cc2c1C(/C=C(/C)CC)=C/C=C(C)/C(C)=C/C=C\C(=C\CC)c1ccccc1.CC.CC.CC. The molecule has 6 aromatic rings. The standard InChI is InChI=1S/C77H86.3C2H6/c1-14-34-62(63-37-24-20-25-38-63)45-32-35-58(10)60(12)47-49-67(51-55(7)15-2)76-69(18-5)70(19-6)77(75-54-73(66-43-30-23-31-44-66)72(53-74(75)76)65-41-28-22-29-42-65)68(52-56(8)16-3)50-48-61(13)59(11)36-33-46-71(57(9)17-4)64-39-26-21-27-40-64;3*1-2/h18-54,56-57,59,61H,5-6,14-17H2,1-4,7-13H3;3*1-2H3/b36-33-,45-32-,50-48-,55-51-,58-35+,60-47+,62-34-,67-49+,68-52+,71-46+;;;. The third-order valence-corrected chi connectivity index (χ3v) is 15.4. The van der Waals surface area contributed by atoms with E-state index in [-0.39, 0.29) is 5.92 Å². The molecular weight excluding hydrogens is 997 g/mol. The smallest absolute Gasteiger partial charge is 0.00264 e. The zero-order valence-corrected chi connectivity index (χ0v) is 54.4. The lowest BCUT2D eigenvalue weighted by Gasteiger charge is -2.24. The summed E-state index contributed by atoms with van der Waals surface area (Å²) in [6, 6.07) is 48.2. The highest BCUT2D eigenvalue weighted by Gasteiger charge is 2.23. The topological polar surface area (TPSA) is 0 Å². The Morgan fingerprint density at radius 2 is 0.952 bits per heavy atom. The predicted molar refractivity (Wildman–Crippen MR) is 380 cm³/mol. The summed E-state index contributed by atoms with van der Waals surface area (Å²) in [7, 11) is 0. The van der Waals surface area contributed by atoms with Crippen LogP contribution in [0.5, 0.6) is 0 Å². The molecule has 436 valence electrons. The Hall–Kier alpha value is -7.54. The number of rotatable bonds is 24. The Morgan fingerprint density at radius 1 is 0.482 bits per heavy atom. The van der Waals surface area contributed by atoms with Crippen molar-refractivity contribution in [3.63, 3.8) is 0 Å². The van der Waals surface area contributed by atoms with E-state index in [0.717, 1.165) is 47.9 Å². The Bertz CT molecular complexity index is 3240. The molecule has 4 atom stereocenters. The van der Waals surface area contributed by atoms with E-state index in [1.165, 1.54) is 83.2 Å². The largest absolute Gasteiger partial charge is 0.0984 e. The monoisotopic (exact) mass is 1100 g/mol. The third-order valence-electron chi connectivity index (χ3n) is 15.4. The van der Waals surface area contributed by atoms with E-state index in [1.54, 1.807) is 0 Å². The summed E-state index contributed by atoms with van der Waals surface area (Å²) in [5, 5.41) is 2.37. The summed E-state index contributed by atoms with van der Waals surface area (Å²) >= 11 is 0. The highest BCUT2D eigenvalue weighted by atomic mass is 14.3. The van der Waals surface area contributed by atoms with Gasteiger partial charge in [0.05, 0.1) is 0 Å². The van der Waals surface area contributed by atoms with Gasteiger partial charge in [-0.05, 0) is 176 Å². The molecule has 0 N–H and O–H groups in total. The first-order valence-electron chi connectivity index (χ1n) is 31.4. The molecule has 0 bridgehead atoms. The lowest BCUT2D eigenvalue weighted by molar-refractivity contribution is 0.558. The number of allylic oxidation sites excluding steroid dienone is 20.